The van der Waals surface area contributed by atoms with E-state index >= 15 is 0 Å². The third kappa shape index (κ3) is 5.17. The van der Waals surface area contributed by atoms with Gasteiger partial charge in [0.15, 0.2) is 5.96 Å². The summed E-state index contributed by atoms with van der Waals surface area (Å²) in [5.41, 5.74) is 0.0807. The number of nitrogens with one attached hydrogen (secondary N) is 2. The van der Waals surface area contributed by atoms with E-state index in [0.717, 1.165) is 56.3 Å². The molecule has 1 atom stereocenters. The Hall–Kier alpha value is -2.25. The van der Waals surface area contributed by atoms with E-state index in [1.54, 1.807) is 7.05 Å². The maximum atomic E-state index is 12.6. The minimum atomic E-state index is -4.33. The first-order valence-corrected chi connectivity index (χ1v) is 9.79. The van der Waals surface area contributed by atoms with Crippen molar-refractivity contribution >= 4 is 11.9 Å². The lowest BCUT2D eigenvalue weighted by Gasteiger charge is -2.21. The van der Waals surface area contributed by atoms with Gasteiger partial charge in [-0.1, -0.05) is 25.0 Å². The topological polar surface area (TPSA) is 56.7 Å². The highest BCUT2D eigenvalue weighted by Crippen LogP contribution is 2.29. The second kappa shape index (κ2) is 8.84. The summed E-state index contributed by atoms with van der Waals surface area (Å²) >= 11 is 0. The van der Waals surface area contributed by atoms with Crippen molar-refractivity contribution in [1.82, 2.24) is 15.5 Å². The molecule has 5 nitrogen and oxygen atoms in total. The van der Waals surface area contributed by atoms with Crippen LogP contribution in [-0.4, -0.2) is 42.9 Å². The molecule has 0 bridgehead atoms. The molecule has 1 unspecified atom stereocenters. The number of carbonyl (C=O) groups excluding carboxylic acids is 1. The number of hydrogen-bond acceptors (Lipinski definition) is 2. The number of benzene rings is 1. The van der Waals surface area contributed by atoms with Gasteiger partial charge in [0.05, 0.1) is 5.56 Å². The predicted molar refractivity (Wildman–Crippen MR) is 102 cm³/mol. The molecule has 0 spiro atoms. The Bertz CT molecular complexity index is 696. The summed E-state index contributed by atoms with van der Waals surface area (Å²) < 4.78 is 37.9. The van der Waals surface area contributed by atoms with Gasteiger partial charge in [0.25, 0.3) is 0 Å². The van der Waals surface area contributed by atoms with E-state index in [1.165, 1.54) is 12.1 Å². The zero-order chi connectivity index (χ0) is 20.1. The molecule has 2 fully saturated rings. The fourth-order valence-electron chi connectivity index (χ4n) is 3.89. The number of halogens is 3. The van der Waals surface area contributed by atoms with Crippen LogP contribution < -0.4 is 10.6 Å². The van der Waals surface area contributed by atoms with Crippen LogP contribution in [0.5, 0.6) is 0 Å². The lowest BCUT2D eigenvalue weighted by molar-refractivity contribution is -0.137. The normalized spacial score (nSPS) is 21.2. The van der Waals surface area contributed by atoms with Crippen LogP contribution in [0.4, 0.5) is 13.2 Å². The third-order valence-electron chi connectivity index (χ3n) is 5.51. The smallest absolute Gasteiger partial charge is 0.352 e. The molecule has 8 heteroatoms. The fraction of sp³-hybridized carbons (Fsp3) is 0.600. The van der Waals surface area contributed by atoms with Gasteiger partial charge >= 0.3 is 6.18 Å². The van der Waals surface area contributed by atoms with E-state index < -0.39 is 11.7 Å². The first-order valence-electron chi connectivity index (χ1n) is 9.79. The predicted octanol–water partition coefficient (Wildman–Crippen LogP) is 3.16. The van der Waals surface area contributed by atoms with Crippen molar-refractivity contribution in [1.29, 1.82) is 0 Å². The van der Waals surface area contributed by atoms with E-state index in [9.17, 15) is 18.0 Å². The highest BCUT2D eigenvalue weighted by Gasteiger charge is 2.32. The number of hydrogen-bond donors (Lipinski definition) is 2. The standard InChI is InChI=1S/C20H27F3N4O/c1-24-19(25-12-14-6-8-16(9-7-14)20(21,22)23)26-17-10-11-27(13-17)18(28)15-4-2-3-5-15/h6-9,15,17H,2-5,10-13H2,1H3,(H2,24,25,26). The number of likely N-dealkylation sites (tertiary alicyclic amines) is 1. The van der Waals surface area contributed by atoms with E-state index in [1.807, 2.05) is 4.90 Å². The van der Waals surface area contributed by atoms with Gasteiger partial charge in [-0.3, -0.25) is 9.79 Å². The Balaban J connectivity index is 1.46. The zero-order valence-electron chi connectivity index (χ0n) is 16.1. The summed E-state index contributed by atoms with van der Waals surface area (Å²) in [6.45, 7) is 1.79. The molecule has 0 aromatic heterocycles. The van der Waals surface area contributed by atoms with Crippen LogP contribution in [0.15, 0.2) is 29.3 Å². The SMILES string of the molecule is CN=C(NCc1ccc(C(F)(F)F)cc1)NC1CCN(C(=O)C2CCCC2)C1. The minimum absolute atomic E-state index is 0.129. The number of amides is 1. The number of aliphatic imine (C=N–C) groups is 1. The molecule has 1 aliphatic carbocycles. The van der Waals surface area contributed by atoms with Crippen molar-refractivity contribution in [2.45, 2.75) is 50.9 Å². The summed E-state index contributed by atoms with van der Waals surface area (Å²) in [5, 5.41) is 6.44. The highest BCUT2D eigenvalue weighted by molar-refractivity contribution is 5.81. The Kier molecular flexibility index (Phi) is 6.46. The van der Waals surface area contributed by atoms with E-state index in [2.05, 4.69) is 15.6 Å². The fourth-order valence-corrected chi connectivity index (χ4v) is 3.89. The molecule has 1 saturated heterocycles. The molecule has 1 amide bonds. The van der Waals surface area contributed by atoms with Crippen molar-refractivity contribution in [3.63, 3.8) is 0 Å². The van der Waals surface area contributed by atoms with Crippen LogP contribution in [0.25, 0.3) is 0 Å². The largest absolute Gasteiger partial charge is 0.416 e. The zero-order valence-corrected chi connectivity index (χ0v) is 16.1. The molecule has 1 aromatic rings. The third-order valence-corrected chi connectivity index (χ3v) is 5.51. The highest BCUT2D eigenvalue weighted by atomic mass is 19.4. The van der Waals surface area contributed by atoms with Gasteiger partial charge in [-0.25, -0.2) is 0 Å². The van der Waals surface area contributed by atoms with Crippen LogP contribution in [0.1, 0.15) is 43.2 Å². The average Bonchev–Trinajstić information content (AvgIpc) is 3.36. The molecule has 28 heavy (non-hydrogen) atoms. The minimum Gasteiger partial charge on any atom is -0.352 e. The van der Waals surface area contributed by atoms with Crippen molar-refractivity contribution in [2.24, 2.45) is 10.9 Å². The lowest BCUT2D eigenvalue weighted by Crippen LogP contribution is -2.45. The van der Waals surface area contributed by atoms with Gasteiger partial charge in [0.1, 0.15) is 0 Å². The summed E-state index contributed by atoms with van der Waals surface area (Å²) in [6.07, 6.45) is 0.833. The van der Waals surface area contributed by atoms with Crippen LogP contribution in [-0.2, 0) is 17.5 Å². The maximum Gasteiger partial charge on any atom is 0.416 e. The second-order valence-corrected chi connectivity index (χ2v) is 7.52. The van der Waals surface area contributed by atoms with E-state index in [0.29, 0.717) is 19.0 Å². The number of alkyl halides is 3. The number of guanidine groups is 1. The number of nitrogens with zero attached hydrogens (tertiary/aromatic N) is 2. The van der Waals surface area contributed by atoms with Gasteiger partial charge in [-0.2, -0.15) is 13.2 Å². The van der Waals surface area contributed by atoms with Crippen LogP contribution >= 0.6 is 0 Å². The van der Waals surface area contributed by atoms with Gasteiger partial charge in [-0.05, 0) is 37.0 Å². The molecule has 2 N–H and O–H groups in total. The lowest BCUT2D eigenvalue weighted by atomic mass is 10.1. The molecule has 1 saturated carbocycles. The first-order chi connectivity index (χ1) is 13.4. The molecule has 1 heterocycles. The van der Waals surface area contributed by atoms with Gasteiger partial charge in [0.2, 0.25) is 5.91 Å². The molecule has 1 aliphatic heterocycles. The Morgan fingerprint density at radius 3 is 2.46 bits per heavy atom. The van der Waals surface area contributed by atoms with Crippen LogP contribution in [0, 0.1) is 5.92 Å². The molecule has 2 aliphatic rings. The van der Waals surface area contributed by atoms with Crippen LogP contribution in [0.2, 0.25) is 0 Å². The van der Waals surface area contributed by atoms with Crippen LogP contribution in [0.3, 0.4) is 0 Å². The Morgan fingerprint density at radius 2 is 1.86 bits per heavy atom. The second-order valence-electron chi connectivity index (χ2n) is 7.52. The number of rotatable bonds is 4. The monoisotopic (exact) mass is 396 g/mol. The Morgan fingerprint density at radius 1 is 1.18 bits per heavy atom. The molecule has 154 valence electrons. The van der Waals surface area contributed by atoms with E-state index in [-0.39, 0.29) is 17.9 Å². The first kappa shape index (κ1) is 20.5. The summed E-state index contributed by atoms with van der Waals surface area (Å²) in [4.78, 5) is 18.7. The number of carbonyl (C=O) groups is 1. The van der Waals surface area contributed by atoms with Gasteiger partial charge in [0, 0.05) is 38.6 Å². The molecule has 1 aromatic carbocycles. The van der Waals surface area contributed by atoms with E-state index in [4.69, 9.17) is 0 Å². The molecular formula is C20H27F3N4O. The average molecular weight is 396 g/mol. The summed E-state index contributed by atoms with van der Waals surface area (Å²) in [5.74, 6) is 1.05. The molecular weight excluding hydrogens is 369 g/mol. The van der Waals surface area contributed by atoms with Crippen molar-refractivity contribution in [2.75, 3.05) is 20.1 Å². The molecule has 3 rings (SSSR count). The maximum absolute atomic E-state index is 12.6. The Labute approximate surface area is 163 Å². The van der Waals surface area contributed by atoms with Gasteiger partial charge < -0.3 is 15.5 Å². The summed E-state index contributed by atoms with van der Waals surface area (Å²) in [7, 11) is 1.65. The van der Waals surface area contributed by atoms with Gasteiger partial charge in [-0.15, -0.1) is 0 Å². The van der Waals surface area contributed by atoms with Crippen molar-refractivity contribution in [3.05, 3.63) is 35.4 Å². The quantitative estimate of drug-likeness (QED) is 0.607. The van der Waals surface area contributed by atoms with Crippen molar-refractivity contribution in [3.8, 4) is 0 Å². The van der Waals surface area contributed by atoms with Crippen molar-refractivity contribution < 1.29 is 18.0 Å². The molecule has 0 radical (unpaired) electrons. The summed E-state index contributed by atoms with van der Waals surface area (Å²) in [6, 6.07) is 5.21.